The van der Waals surface area contributed by atoms with Crippen LogP contribution in [-0.2, 0) is 6.42 Å². The predicted molar refractivity (Wildman–Crippen MR) is 102 cm³/mol. The van der Waals surface area contributed by atoms with Crippen LogP contribution in [0.15, 0.2) is 52.3 Å². The molecule has 0 saturated heterocycles. The Hall–Kier alpha value is -2.05. The van der Waals surface area contributed by atoms with Gasteiger partial charge in [0, 0.05) is 28.4 Å². The first kappa shape index (κ1) is 17.8. The van der Waals surface area contributed by atoms with Gasteiger partial charge in [0.25, 0.3) is 5.91 Å². The fourth-order valence-corrected chi connectivity index (χ4v) is 3.61. The van der Waals surface area contributed by atoms with E-state index in [2.05, 4.69) is 57.4 Å². The molecule has 0 saturated carbocycles. The topological polar surface area (TPSA) is 42.0 Å². The number of thiazole rings is 1. The van der Waals surface area contributed by atoms with E-state index < -0.39 is 5.82 Å². The highest BCUT2D eigenvalue weighted by atomic mass is 79.9. The summed E-state index contributed by atoms with van der Waals surface area (Å²) in [6, 6.07) is 12.3. The van der Waals surface area contributed by atoms with Crippen molar-refractivity contribution in [2.24, 2.45) is 0 Å². The van der Waals surface area contributed by atoms with Gasteiger partial charge in [-0.15, -0.1) is 11.3 Å². The van der Waals surface area contributed by atoms with Crippen molar-refractivity contribution in [1.82, 2.24) is 10.3 Å². The van der Waals surface area contributed by atoms with Crippen LogP contribution in [0.5, 0.6) is 0 Å². The van der Waals surface area contributed by atoms with Gasteiger partial charge in [-0.25, -0.2) is 9.37 Å². The van der Waals surface area contributed by atoms with E-state index in [0.717, 1.165) is 16.3 Å². The SMILES string of the molecule is Cc1ccc(-c2nc(CCNC(=O)c3cc(F)ccc3Br)cs2)cc1. The largest absolute Gasteiger partial charge is 0.352 e. The highest BCUT2D eigenvalue weighted by Gasteiger charge is 2.11. The monoisotopic (exact) mass is 418 g/mol. The van der Waals surface area contributed by atoms with E-state index in [1.807, 2.05) is 5.38 Å². The van der Waals surface area contributed by atoms with Crippen molar-refractivity contribution >= 4 is 33.2 Å². The highest BCUT2D eigenvalue weighted by molar-refractivity contribution is 9.10. The molecule has 0 spiro atoms. The van der Waals surface area contributed by atoms with Gasteiger partial charge < -0.3 is 5.32 Å². The molecule has 0 atom stereocenters. The molecule has 6 heteroatoms. The van der Waals surface area contributed by atoms with Crippen molar-refractivity contribution in [2.45, 2.75) is 13.3 Å². The van der Waals surface area contributed by atoms with Crippen LogP contribution in [0.4, 0.5) is 4.39 Å². The van der Waals surface area contributed by atoms with Crippen molar-refractivity contribution < 1.29 is 9.18 Å². The lowest BCUT2D eigenvalue weighted by molar-refractivity contribution is 0.0953. The molecule has 3 aromatic rings. The molecule has 0 aliphatic heterocycles. The quantitative estimate of drug-likeness (QED) is 0.633. The first-order valence-electron chi connectivity index (χ1n) is 7.77. The van der Waals surface area contributed by atoms with Crippen molar-refractivity contribution in [1.29, 1.82) is 0 Å². The number of benzene rings is 2. The van der Waals surface area contributed by atoms with Crippen LogP contribution in [0.1, 0.15) is 21.6 Å². The lowest BCUT2D eigenvalue weighted by atomic mass is 10.2. The normalized spacial score (nSPS) is 10.7. The molecule has 128 valence electrons. The number of amides is 1. The zero-order chi connectivity index (χ0) is 17.8. The third-order valence-electron chi connectivity index (χ3n) is 3.69. The third kappa shape index (κ3) is 4.52. The summed E-state index contributed by atoms with van der Waals surface area (Å²) in [5.41, 5.74) is 3.53. The first-order valence-corrected chi connectivity index (χ1v) is 9.45. The van der Waals surface area contributed by atoms with E-state index in [-0.39, 0.29) is 5.91 Å². The van der Waals surface area contributed by atoms with Crippen LogP contribution >= 0.6 is 27.3 Å². The molecule has 0 aliphatic carbocycles. The van der Waals surface area contributed by atoms with Crippen LogP contribution < -0.4 is 5.32 Å². The molecule has 0 unspecified atom stereocenters. The third-order valence-corrected chi connectivity index (χ3v) is 5.32. The molecule has 1 heterocycles. The summed E-state index contributed by atoms with van der Waals surface area (Å²) < 4.78 is 13.8. The van der Waals surface area contributed by atoms with Gasteiger partial charge in [-0.3, -0.25) is 4.79 Å². The smallest absolute Gasteiger partial charge is 0.252 e. The fraction of sp³-hybridized carbons (Fsp3) is 0.158. The van der Waals surface area contributed by atoms with Gasteiger partial charge >= 0.3 is 0 Å². The van der Waals surface area contributed by atoms with E-state index in [9.17, 15) is 9.18 Å². The molecule has 25 heavy (non-hydrogen) atoms. The number of aryl methyl sites for hydroxylation is 1. The molecule has 3 rings (SSSR count). The summed E-state index contributed by atoms with van der Waals surface area (Å²) in [5.74, 6) is -0.740. The maximum atomic E-state index is 13.3. The molecule has 1 aromatic heterocycles. The Labute approximate surface area is 158 Å². The number of nitrogens with one attached hydrogen (secondary N) is 1. The fourth-order valence-electron chi connectivity index (χ4n) is 2.32. The Morgan fingerprint density at radius 2 is 2.00 bits per heavy atom. The summed E-state index contributed by atoms with van der Waals surface area (Å²) in [7, 11) is 0. The average molecular weight is 419 g/mol. The number of halogens is 2. The lowest BCUT2D eigenvalue weighted by Gasteiger charge is -2.06. The molecule has 0 radical (unpaired) electrons. The second-order valence-electron chi connectivity index (χ2n) is 5.64. The van der Waals surface area contributed by atoms with Gasteiger partial charge in [-0.05, 0) is 41.1 Å². The molecule has 3 nitrogen and oxygen atoms in total. The number of carbonyl (C=O) groups is 1. The minimum Gasteiger partial charge on any atom is -0.352 e. The molecule has 0 bridgehead atoms. The van der Waals surface area contributed by atoms with Gasteiger partial charge in [0.15, 0.2) is 0 Å². The second kappa shape index (κ2) is 7.89. The average Bonchev–Trinajstić information content (AvgIpc) is 3.06. The Morgan fingerprint density at radius 1 is 1.24 bits per heavy atom. The number of carbonyl (C=O) groups excluding carboxylic acids is 1. The summed E-state index contributed by atoms with van der Waals surface area (Å²) >= 11 is 4.85. The van der Waals surface area contributed by atoms with Crippen molar-refractivity contribution in [3.05, 3.63) is 75.0 Å². The number of hydrogen-bond donors (Lipinski definition) is 1. The van der Waals surface area contributed by atoms with Crippen molar-refractivity contribution in [3.63, 3.8) is 0 Å². The summed E-state index contributed by atoms with van der Waals surface area (Å²) in [6.45, 7) is 2.50. The van der Waals surface area contributed by atoms with Crippen LogP contribution in [-0.4, -0.2) is 17.4 Å². The number of rotatable bonds is 5. The van der Waals surface area contributed by atoms with Crippen molar-refractivity contribution in [3.8, 4) is 10.6 Å². The molecular weight excluding hydrogens is 403 g/mol. The van der Waals surface area contributed by atoms with Crippen LogP contribution in [0, 0.1) is 12.7 Å². The van der Waals surface area contributed by atoms with Gasteiger partial charge in [-0.2, -0.15) is 0 Å². The van der Waals surface area contributed by atoms with Gasteiger partial charge in [0.2, 0.25) is 0 Å². The van der Waals surface area contributed by atoms with Crippen LogP contribution in [0.2, 0.25) is 0 Å². The van der Waals surface area contributed by atoms with Gasteiger partial charge in [-0.1, -0.05) is 29.8 Å². The Balaban J connectivity index is 1.58. The molecule has 1 N–H and O–H groups in total. The zero-order valence-corrected chi connectivity index (χ0v) is 16.0. The lowest BCUT2D eigenvalue weighted by Crippen LogP contribution is -2.26. The summed E-state index contributed by atoms with van der Waals surface area (Å²) in [5, 5.41) is 5.77. The maximum absolute atomic E-state index is 13.3. The van der Waals surface area contributed by atoms with Crippen LogP contribution in [0.3, 0.4) is 0 Å². The predicted octanol–water partition coefficient (Wildman–Crippen LogP) is 4.99. The van der Waals surface area contributed by atoms with Crippen LogP contribution in [0.25, 0.3) is 10.6 Å². The number of aromatic nitrogens is 1. The zero-order valence-electron chi connectivity index (χ0n) is 13.6. The van der Waals surface area contributed by atoms with Gasteiger partial charge in [0.05, 0.1) is 11.3 Å². The Kier molecular flexibility index (Phi) is 5.60. The summed E-state index contributed by atoms with van der Waals surface area (Å²) in [6.07, 6.45) is 0.626. The number of hydrogen-bond acceptors (Lipinski definition) is 3. The molecule has 0 aliphatic rings. The molecule has 2 aromatic carbocycles. The minimum atomic E-state index is -0.435. The van der Waals surface area contributed by atoms with E-state index in [0.29, 0.717) is 23.0 Å². The summed E-state index contributed by atoms with van der Waals surface area (Å²) in [4.78, 5) is 16.8. The molecular formula is C19H16BrFN2OS. The van der Waals surface area contributed by atoms with E-state index >= 15 is 0 Å². The molecule has 1 amide bonds. The highest BCUT2D eigenvalue weighted by Crippen LogP contribution is 2.24. The Bertz CT molecular complexity index is 893. The maximum Gasteiger partial charge on any atom is 0.252 e. The number of nitrogens with zero attached hydrogens (tertiary/aromatic N) is 1. The minimum absolute atomic E-state index is 0.290. The van der Waals surface area contributed by atoms with Gasteiger partial charge in [0.1, 0.15) is 10.8 Å². The van der Waals surface area contributed by atoms with E-state index in [1.165, 1.54) is 23.8 Å². The molecule has 0 fully saturated rings. The first-order chi connectivity index (χ1) is 12.0. The standard InChI is InChI=1S/C19H16BrFN2OS/c1-12-2-4-13(5-3-12)19-23-15(11-25-19)8-9-22-18(24)16-10-14(21)6-7-17(16)20/h2-7,10-11H,8-9H2,1H3,(H,22,24). The Morgan fingerprint density at radius 3 is 2.76 bits per heavy atom. The van der Waals surface area contributed by atoms with E-state index in [1.54, 1.807) is 11.3 Å². The second-order valence-corrected chi connectivity index (χ2v) is 7.35. The van der Waals surface area contributed by atoms with E-state index in [4.69, 9.17) is 0 Å². The van der Waals surface area contributed by atoms with Crippen molar-refractivity contribution in [2.75, 3.05) is 6.54 Å².